The number of nitrogens with zero attached hydrogens (tertiary/aromatic N) is 2. The Labute approximate surface area is 187 Å². The molecule has 0 fully saturated rings. The Balaban J connectivity index is 1.30. The summed E-state index contributed by atoms with van der Waals surface area (Å²) < 4.78 is 0. The average molecular weight is 421 g/mol. The second kappa shape index (κ2) is 8.65. The summed E-state index contributed by atoms with van der Waals surface area (Å²) in [6.07, 6.45) is 3.55. The predicted octanol–water partition coefficient (Wildman–Crippen LogP) is 5.27. The van der Waals surface area contributed by atoms with Gasteiger partial charge in [-0.1, -0.05) is 48.5 Å². The predicted molar refractivity (Wildman–Crippen MR) is 130 cm³/mol. The Morgan fingerprint density at radius 3 is 2.44 bits per heavy atom. The van der Waals surface area contributed by atoms with Crippen molar-refractivity contribution in [2.45, 2.75) is 13.1 Å². The maximum atomic E-state index is 12.6. The van der Waals surface area contributed by atoms with Crippen LogP contribution in [0, 0.1) is 0 Å². The number of nitrogens with one attached hydrogen (secondary N) is 2. The zero-order valence-corrected chi connectivity index (χ0v) is 17.9. The fourth-order valence-corrected chi connectivity index (χ4v) is 4.11. The summed E-state index contributed by atoms with van der Waals surface area (Å²) >= 11 is 0. The first-order chi connectivity index (χ1) is 15.7. The molecule has 0 saturated heterocycles. The van der Waals surface area contributed by atoms with Crippen LogP contribution in [0.25, 0.3) is 16.5 Å². The molecule has 0 saturated carbocycles. The van der Waals surface area contributed by atoms with E-state index >= 15 is 0 Å². The van der Waals surface area contributed by atoms with E-state index in [4.69, 9.17) is 0 Å². The van der Waals surface area contributed by atoms with Crippen LogP contribution in [0.5, 0.6) is 0 Å². The lowest BCUT2D eigenvalue weighted by Gasteiger charge is -2.17. The minimum absolute atomic E-state index is 0.108. The number of aromatic nitrogens is 1. The Kier molecular flexibility index (Phi) is 5.40. The van der Waals surface area contributed by atoms with Gasteiger partial charge >= 0.3 is 0 Å². The molecule has 4 aromatic rings. The van der Waals surface area contributed by atoms with Crippen LogP contribution < -0.4 is 10.6 Å². The maximum Gasteiger partial charge on any atom is 0.257 e. The fourth-order valence-electron chi connectivity index (χ4n) is 4.11. The summed E-state index contributed by atoms with van der Waals surface area (Å²) in [4.78, 5) is 19.3. The van der Waals surface area contributed by atoms with Gasteiger partial charge in [-0.05, 0) is 48.5 Å². The molecule has 2 N–H and O–H groups in total. The highest BCUT2D eigenvalue weighted by molar-refractivity contribution is 6.34. The highest BCUT2D eigenvalue weighted by atomic mass is 16.2. The first-order valence-electron chi connectivity index (χ1n) is 10.6. The van der Waals surface area contributed by atoms with Crippen molar-refractivity contribution in [1.82, 2.24) is 9.88 Å². The molecule has 0 spiro atoms. The molecule has 1 aliphatic heterocycles. The number of hydrogen-bond acceptors (Lipinski definition) is 4. The van der Waals surface area contributed by atoms with Crippen LogP contribution in [0.1, 0.15) is 16.7 Å². The van der Waals surface area contributed by atoms with Crippen molar-refractivity contribution < 1.29 is 4.79 Å². The van der Waals surface area contributed by atoms with Crippen molar-refractivity contribution in [3.05, 3.63) is 108 Å². The smallest absolute Gasteiger partial charge is 0.257 e. The van der Waals surface area contributed by atoms with Crippen LogP contribution in [-0.4, -0.2) is 22.8 Å². The van der Waals surface area contributed by atoms with E-state index in [0.29, 0.717) is 5.57 Å². The minimum Gasteiger partial charge on any atom is -0.361 e. The number of hydrogen-bond donors (Lipinski definition) is 2. The minimum atomic E-state index is -0.108. The molecule has 3 aromatic carbocycles. The third kappa shape index (κ3) is 4.11. The van der Waals surface area contributed by atoms with Crippen LogP contribution in [-0.2, 0) is 17.9 Å². The Bertz CT molecular complexity index is 1300. The molecule has 0 bridgehead atoms. The van der Waals surface area contributed by atoms with E-state index in [1.807, 2.05) is 42.5 Å². The number of pyridine rings is 1. The lowest BCUT2D eigenvalue weighted by atomic mass is 10.0. The largest absolute Gasteiger partial charge is 0.361 e. The SMILES string of the molecule is CN(Cc1ccccc1)Cc1ccc(N/C=C2\C(=O)Nc3ccc4ncccc4c32)cc1. The van der Waals surface area contributed by atoms with E-state index < -0.39 is 0 Å². The van der Waals surface area contributed by atoms with Gasteiger partial charge in [0.25, 0.3) is 5.91 Å². The lowest BCUT2D eigenvalue weighted by molar-refractivity contribution is -0.110. The van der Waals surface area contributed by atoms with Gasteiger partial charge in [0, 0.05) is 47.8 Å². The number of amides is 1. The first-order valence-corrected chi connectivity index (χ1v) is 10.6. The maximum absolute atomic E-state index is 12.6. The van der Waals surface area contributed by atoms with Crippen molar-refractivity contribution in [1.29, 1.82) is 0 Å². The number of benzene rings is 3. The molecular formula is C27H24N4O. The van der Waals surface area contributed by atoms with Crippen molar-refractivity contribution in [2.24, 2.45) is 0 Å². The second-order valence-corrected chi connectivity index (χ2v) is 8.07. The molecule has 158 valence electrons. The van der Waals surface area contributed by atoms with E-state index in [9.17, 15) is 4.79 Å². The summed E-state index contributed by atoms with van der Waals surface area (Å²) in [5, 5.41) is 7.20. The van der Waals surface area contributed by atoms with Gasteiger partial charge < -0.3 is 10.6 Å². The molecule has 2 heterocycles. The quantitative estimate of drug-likeness (QED) is 0.417. The van der Waals surface area contributed by atoms with Gasteiger partial charge in [0.2, 0.25) is 0 Å². The van der Waals surface area contributed by atoms with Crippen LogP contribution in [0.3, 0.4) is 0 Å². The highest BCUT2D eigenvalue weighted by Crippen LogP contribution is 2.37. The van der Waals surface area contributed by atoms with E-state index in [1.54, 1.807) is 12.4 Å². The number of carbonyl (C=O) groups is 1. The van der Waals surface area contributed by atoms with Crippen LogP contribution >= 0.6 is 0 Å². The number of carbonyl (C=O) groups excluding carboxylic acids is 1. The second-order valence-electron chi connectivity index (χ2n) is 8.07. The normalized spacial score (nSPS) is 14.1. The van der Waals surface area contributed by atoms with E-state index in [0.717, 1.165) is 40.9 Å². The molecule has 1 amide bonds. The van der Waals surface area contributed by atoms with Crippen LogP contribution in [0.15, 0.2) is 91.3 Å². The first kappa shape index (κ1) is 20.0. The Hall–Kier alpha value is -3.96. The monoisotopic (exact) mass is 420 g/mol. The summed E-state index contributed by atoms with van der Waals surface area (Å²) in [5.41, 5.74) is 6.68. The average Bonchev–Trinajstić information content (AvgIpc) is 3.14. The van der Waals surface area contributed by atoms with Crippen LogP contribution in [0.2, 0.25) is 0 Å². The molecule has 5 nitrogen and oxygen atoms in total. The van der Waals surface area contributed by atoms with E-state index in [1.165, 1.54) is 11.1 Å². The van der Waals surface area contributed by atoms with E-state index in [-0.39, 0.29) is 5.91 Å². The Morgan fingerprint density at radius 1 is 0.906 bits per heavy atom. The zero-order chi connectivity index (χ0) is 21.9. The Morgan fingerprint density at radius 2 is 1.66 bits per heavy atom. The third-order valence-electron chi connectivity index (χ3n) is 5.63. The number of fused-ring (bicyclic) bond motifs is 3. The third-order valence-corrected chi connectivity index (χ3v) is 5.63. The van der Waals surface area contributed by atoms with Gasteiger partial charge in [0.15, 0.2) is 0 Å². The topological polar surface area (TPSA) is 57.3 Å². The summed E-state index contributed by atoms with van der Waals surface area (Å²) in [6.45, 7) is 1.77. The highest BCUT2D eigenvalue weighted by Gasteiger charge is 2.26. The molecule has 0 aliphatic carbocycles. The van der Waals surface area contributed by atoms with Gasteiger partial charge in [0.1, 0.15) is 0 Å². The summed E-state index contributed by atoms with van der Waals surface area (Å²) in [5.74, 6) is -0.108. The fraction of sp³-hybridized carbons (Fsp3) is 0.111. The van der Waals surface area contributed by atoms with Gasteiger partial charge in [-0.2, -0.15) is 0 Å². The molecule has 0 radical (unpaired) electrons. The molecule has 1 aliphatic rings. The van der Waals surface area contributed by atoms with E-state index in [2.05, 4.69) is 64.0 Å². The molecule has 32 heavy (non-hydrogen) atoms. The molecule has 1 aromatic heterocycles. The number of anilines is 2. The molecule has 0 unspecified atom stereocenters. The molecule has 0 atom stereocenters. The standard InChI is InChI=1S/C27H24N4O/c1-31(17-19-6-3-2-4-7-19)18-20-9-11-21(12-10-20)29-16-23-26-22-8-5-15-28-24(22)13-14-25(26)30-27(23)32/h2-16,29H,17-18H2,1H3,(H,30,32)/b23-16-. The zero-order valence-electron chi connectivity index (χ0n) is 17.9. The lowest BCUT2D eigenvalue weighted by Crippen LogP contribution is -2.17. The number of rotatable bonds is 6. The summed E-state index contributed by atoms with van der Waals surface area (Å²) in [6, 6.07) is 26.5. The molecule has 5 heteroatoms. The van der Waals surface area contributed by atoms with Gasteiger partial charge in [-0.3, -0.25) is 14.7 Å². The van der Waals surface area contributed by atoms with Crippen molar-refractivity contribution in [3.63, 3.8) is 0 Å². The van der Waals surface area contributed by atoms with Crippen molar-refractivity contribution in [2.75, 3.05) is 17.7 Å². The molecular weight excluding hydrogens is 396 g/mol. The summed E-state index contributed by atoms with van der Waals surface area (Å²) in [7, 11) is 2.12. The van der Waals surface area contributed by atoms with Crippen LogP contribution in [0.4, 0.5) is 11.4 Å². The van der Waals surface area contributed by atoms with Gasteiger partial charge in [-0.25, -0.2) is 0 Å². The van der Waals surface area contributed by atoms with Gasteiger partial charge in [-0.15, -0.1) is 0 Å². The molecule has 5 rings (SSSR count). The van der Waals surface area contributed by atoms with Gasteiger partial charge in [0.05, 0.1) is 11.1 Å². The van der Waals surface area contributed by atoms with Crippen molar-refractivity contribution >= 4 is 33.8 Å². The van der Waals surface area contributed by atoms with Crippen molar-refractivity contribution in [3.8, 4) is 0 Å².